The summed E-state index contributed by atoms with van der Waals surface area (Å²) in [6, 6.07) is 0. The molecule has 1 N–H and O–H groups in total. The van der Waals surface area contributed by atoms with E-state index < -0.39 is 0 Å². The number of ether oxygens (including phenoxy) is 1. The first-order chi connectivity index (χ1) is 7.76. The summed E-state index contributed by atoms with van der Waals surface area (Å²) in [4.78, 5) is 2.45. The summed E-state index contributed by atoms with van der Waals surface area (Å²) >= 11 is 0. The minimum atomic E-state index is 0.469. The van der Waals surface area contributed by atoms with E-state index in [1.807, 2.05) is 6.08 Å². The molecule has 0 bridgehead atoms. The van der Waals surface area contributed by atoms with Gasteiger partial charge in [-0.05, 0) is 24.8 Å². The summed E-state index contributed by atoms with van der Waals surface area (Å²) in [5.74, 6) is 0. The summed E-state index contributed by atoms with van der Waals surface area (Å²) in [5, 5.41) is 3.48. The molecule has 1 heterocycles. The molecule has 0 amide bonds. The van der Waals surface area contributed by atoms with Crippen molar-refractivity contribution in [2.45, 2.75) is 19.8 Å². The van der Waals surface area contributed by atoms with Crippen molar-refractivity contribution in [3.8, 4) is 0 Å². The number of hydrogen-bond donors (Lipinski definition) is 1. The summed E-state index contributed by atoms with van der Waals surface area (Å²) in [6.07, 6.45) is 4.53. The van der Waals surface area contributed by atoms with Gasteiger partial charge in [0.2, 0.25) is 0 Å². The largest absolute Gasteiger partial charge is 0.383 e. The maximum absolute atomic E-state index is 5.16. The van der Waals surface area contributed by atoms with Crippen molar-refractivity contribution in [1.82, 2.24) is 10.2 Å². The van der Waals surface area contributed by atoms with E-state index in [1.54, 1.807) is 7.11 Å². The Morgan fingerprint density at radius 3 is 2.88 bits per heavy atom. The summed E-state index contributed by atoms with van der Waals surface area (Å²) < 4.78 is 5.16. The smallest absolute Gasteiger partial charge is 0.0589 e. The molecule has 1 saturated heterocycles. The maximum atomic E-state index is 5.16. The topological polar surface area (TPSA) is 24.5 Å². The minimum absolute atomic E-state index is 0.469. The van der Waals surface area contributed by atoms with Crippen molar-refractivity contribution in [2.75, 3.05) is 46.4 Å². The number of hydrogen-bond acceptors (Lipinski definition) is 3. The zero-order valence-corrected chi connectivity index (χ0v) is 10.8. The van der Waals surface area contributed by atoms with Crippen LogP contribution in [0, 0.1) is 5.41 Å². The number of rotatable bonds is 8. The minimum Gasteiger partial charge on any atom is -0.383 e. The molecule has 1 aliphatic rings. The van der Waals surface area contributed by atoms with Gasteiger partial charge in [0.05, 0.1) is 6.61 Å². The Morgan fingerprint density at radius 1 is 1.56 bits per heavy atom. The van der Waals surface area contributed by atoms with Crippen LogP contribution in [0.3, 0.4) is 0 Å². The van der Waals surface area contributed by atoms with Gasteiger partial charge in [0.25, 0.3) is 0 Å². The van der Waals surface area contributed by atoms with E-state index in [-0.39, 0.29) is 0 Å². The van der Waals surface area contributed by atoms with Gasteiger partial charge in [-0.25, -0.2) is 0 Å². The van der Waals surface area contributed by atoms with Gasteiger partial charge in [0, 0.05) is 33.3 Å². The van der Waals surface area contributed by atoms with Crippen LogP contribution in [0.4, 0.5) is 0 Å². The zero-order valence-electron chi connectivity index (χ0n) is 10.8. The molecule has 0 aromatic rings. The molecule has 0 aromatic heterocycles. The Morgan fingerprint density at radius 2 is 2.38 bits per heavy atom. The van der Waals surface area contributed by atoms with Crippen LogP contribution in [0.15, 0.2) is 12.7 Å². The number of methoxy groups -OCH3 is 1. The van der Waals surface area contributed by atoms with Crippen LogP contribution in [-0.2, 0) is 4.74 Å². The average Bonchev–Trinajstić information content (AvgIpc) is 2.75. The molecule has 1 unspecified atom stereocenters. The van der Waals surface area contributed by atoms with Crippen molar-refractivity contribution in [1.29, 1.82) is 0 Å². The lowest BCUT2D eigenvalue weighted by Gasteiger charge is -2.33. The van der Waals surface area contributed by atoms with Crippen molar-refractivity contribution >= 4 is 0 Å². The molecule has 1 fully saturated rings. The van der Waals surface area contributed by atoms with E-state index in [0.29, 0.717) is 5.41 Å². The molecule has 0 spiro atoms. The van der Waals surface area contributed by atoms with Crippen LogP contribution < -0.4 is 5.32 Å². The Labute approximate surface area is 99.8 Å². The lowest BCUT2D eigenvalue weighted by Crippen LogP contribution is -2.40. The van der Waals surface area contributed by atoms with Crippen molar-refractivity contribution < 1.29 is 4.74 Å². The molecule has 3 nitrogen and oxygen atoms in total. The fraction of sp³-hybridized carbons (Fsp3) is 0.846. The SMILES string of the molecule is C=CCN(CCOC)CC1(CC)CCNC1. The van der Waals surface area contributed by atoms with E-state index >= 15 is 0 Å². The van der Waals surface area contributed by atoms with Crippen LogP contribution >= 0.6 is 0 Å². The van der Waals surface area contributed by atoms with Crippen LogP contribution in [0.2, 0.25) is 0 Å². The normalized spacial score (nSPS) is 25.2. The first kappa shape index (κ1) is 13.7. The highest BCUT2D eigenvalue weighted by molar-refractivity contribution is 4.90. The highest BCUT2D eigenvalue weighted by atomic mass is 16.5. The van der Waals surface area contributed by atoms with E-state index in [1.165, 1.54) is 19.4 Å². The van der Waals surface area contributed by atoms with Gasteiger partial charge in [-0.1, -0.05) is 13.0 Å². The van der Waals surface area contributed by atoms with Gasteiger partial charge in [0.1, 0.15) is 0 Å². The third-order valence-electron chi connectivity index (χ3n) is 3.64. The molecule has 0 aromatic carbocycles. The fourth-order valence-corrected chi connectivity index (χ4v) is 2.46. The third-order valence-corrected chi connectivity index (χ3v) is 3.64. The standard InChI is InChI=1S/C13H26N2O/c1-4-8-15(9-10-16-3)12-13(5-2)6-7-14-11-13/h4,14H,1,5-12H2,2-3H3. The molecule has 16 heavy (non-hydrogen) atoms. The highest BCUT2D eigenvalue weighted by Crippen LogP contribution is 2.30. The van der Waals surface area contributed by atoms with Gasteiger partial charge in [-0.2, -0.15) is 0 Å². The van der Waals surface area contributed by atoms with E-state index in [0.717, 1.165) is 32.8 Å². The Bertz CT molecular complexity index is 200. The quantitative estimate of drug-likeness (QED) is 0.635. The van der Waals surface area contributed by atoms with Gasteiger partial charge in [-0.3, -0.25) is 4.90 Å². The van der Waals surface area contributed by atoms with Crippen molar-refractivity contribution in [3.05, 3.63) is 12.7 Å². The molecule has 1 atom stereocenters. The monoisotopic (exact) mass is 226 g/mol. The van der Waals surface area contributed by atoms with E-state index in [4.69, 9.17) is 4.74 Å². The molecule has 94 valence electrons. The summed E-state index contributed by atoms with van der Waals surface area (Å²) in [5.41, 5.74) is 0.469. The van der Waals surface area contributed by atoms with Crippen LogP contribution in [0.25, 0.3) is 0 Å². The second-order valence-electron chi connectivity index (χ2n) is 4.80. The van der Waals surface area contributed by atoms with Gasteiger partial charge >= 0.3 is 0 Å². The molecule has 0 aliphatic carbocycles. The molecule has 3 heteroatoms. The fourth-order valence-electron chi connectivity index (χ4n) is 2.46. The second kappa shape index (κ2) is 7.05. The average molecular weight is 226 g/mol. The molecule has 1 aliphatic heterocycles. The van der Waals surface area contributed by atoms with E-state index in [2.05, 4.69) is 23.7 Å². The first-order valence-electron chi connectivity index (χ1n) is 6.29. The Balaban J connectivity index is 2.47. The summed E-state index contributed by atoms with van der Waals surface area (Å²) in [7, 11) is 1.76. The Kier molecular flexibility index (Phi) is 6.03. The van der Waals surface area contributed by atoms with Gasteiger partial charge in [0.15, 0.2) is 0 Å². The summed E-state index contributed by atoms with van der Waals surface area (Å²) in [6.45, 7) is 12.4. The lowest BCUT2D eigenvalue weighted by molar-refractivity contribution is 0.118. The highest BCUT2D eigenvalue weighted by Gasteiger charge is 2.33. The van der Waals surface area contributed by atoms with Crippen LogP contribution in [0.5, 0.6) is 0 Å². The van der Waals surface area contributed by atoms with Gasteiger partial charge in [-0.15, -0.1) is 6.58 Å². The number of nitrogens with zero attached hydrogens (tertiary/aromatic N) is 1. The van der Waals surface area contributed by atoms with Gasteiger partial charge < -0.3 is 10.1 Å². The zero-order chi connectivity index (χ0) is 11.9. The van der Waals surface area contributed by atoms with Crippen LogP contribution in [0.1, 0.15) is 19.8 Å². The lowest BCUT2D eigenvalue weighted by atomic mass is 9.83. The molecular weight excluding hydrogens is 200 g/mol. The number of nitrogens with one attached hydrogen (secondary N) is 1. The predicted molar refractivity (Wildman–Crippen MR) is 68.7 cm³/mol. The van der Waals surface area contributed by atoms with Crippen molar-refractivity contribution in [2.24, 2.45) is 5.41 Å². The third kappa shape index (κ3) is 3.89. The van der Waals surface area contributed by atoms with Crippen molar-refractivity contribution in [3.63, 3.8) is 0 Å². The first-order valence-corrected chi connectivity index (χ1v) is 6.29. The molecule has 1 rings (SSSR count). The maximum Gasteiger partial charge on any atom is 0.0589 e. The van der Waals surface area contributed by atoms with Crippen LogP contribution in [-0.4, -0.2) is 51.3 Å². The van der Waals surface area contributed by atoms with E-state index in [9.17, 15) is 0 Å². The predicted octanol–water partition coefficient (Wildman–Crippen LogP) is 1.51. The molecular formula is C13H26N2O. The Hall–Kier alpha value is -0.380. The molecule has 0 radical (unpaired) electrons. The molecule has 0 saturated carbocycles. The second-order valence-corrected chi connectivity index (χ2v) is 4.80.